The van der Waals surface area contributed by atoms with E-state index in [2.05, 4.69) is 4.98 Å². The largest absolute Gasteiger partial charge is 0.389 e. The average molecular weight is 257 g/mol. The van der Waals surface area contributed by atoms with Crippen LogP contribution in [0.4, 0.5) is 11.4 Å². The van der Waals surface area contributed by atoms with Gasteiger partial charge in [0.1, 0.15) is 4.99 Å². The van der Waals surface area contributed by atoms with Crippen molar-refractivity contribution in [3.8, 4) is 0 Å². The van der Waals surface area contributed by atoms with Gasteiger partial charge in [-0.05, 0) is 31.2 Å². The molecule has 0 saturated heterocycles. The first-order valence-electron chi connectivity index (χ1n) is 5.64. The van der Waals surface area contributed by atoms with Gasteiger partial charge in [-0.15, -0.1) is 0 Å². The van der Waals surface area contributed by atoms with E-state index >= 15 is 0 Å². The van der Waals surface area contributed by atoms with Gasteiger partial charge in [-0.25, -0.2) is 0 Å². The second kappa shape index (κ2) is 5.14. The molecule has 0 saturated carbocycles. The molecule has 1 aromatic carbocycles. The van der Waals surface area contributed by atoms with E-state index in [1.54, 1.807) is 6.20 Å². The Labute approximate surface area is 112 Å². The van der Waals surface area contributed by atoms with Crippen LogP contribution >= 0.6 is 12.2 Å². The first-order chi connectivity index (χ1) is 8.59. The number of rotatable bonds is 3. The van der Waals surface area contributed by atoms with Gasteiger partial charge in [-0.2, -0.15) is 0 Å². The summed E-state index contributed by atoms with van der Waals surface area (Å²) in [6, 6.07) is 9.97. The summed E-state index contributed by atoms with van der Waals surface area (Å²) in [5, 5.41) is 0. The molecule has 4 heteroatoms. The van der Waals surface area contributed by atoms with Gasteiger partial charge in [-0.1, -0.05) is 23.8 Å². The lowest BCUT2D eigenvalue weighted by Gasteiger charge is -2.22. The Morgan fingerprint density at radius 2 is 2.11 bits per heavy atom. The summed E-state index contributed by atoms with van der Waals surface area (Å²) in [7, 11) is 1.98. The third-order valence-electron chi connectivity index (χ3n) is 2.81. The molecule has 0 spiro atoms. The molecule has 0 atom stereocenters. The first kappa shape index (κ1) is 12.5. The number of benzene rings is 1. The molecule has 3 nitrogen and oxygen atoms in total. The fourth-order valence-electron chi connectivity index (χ4n) is 1.83. The zero-order valence-corrected chi connectivity index (χ0v) is 11.2. The molecule has 2 rings (SSSR count). The number of anilines is 2. The van der Waals surface area contributed by atoms with Crippen molar-refractivity contribution in [3.05, 3.63) is 53.9 Å². The number of nitrogens with zero attached hydrogens (tertiary/aromatic N) is 2. The van der Waals surface area contributed by atoms with E-state index in [4.69, 9.17) is 18.0 Å². The van der Waals surface area contributed by atoms with Crippen LogP contribution in [-0.2, 0) is 0 Å². The van der Waals surface area contributed by atoms with Crippen LogP contribution in [0.3, 0.4) is 0 Å². The summed E-state index contributed by atoms with van der Waals surface area (Å²) >= 11 is 5.11. The smallest absolute Gasteiger partial charge is 0.106 e. The summed E-state index contributed by atoms with van der Waals surface area (Å²) < 4.78 is 0. The number of aryl methyl sites for hydroxylation is 1. The van der Waals surface area contributed by atoms with Crippen LogP contribution in [0.2, 0.25) is 0 Å². The summed E-state index contributed by atoms with van der Waals surface area (Å²) in [6.45, 7) is 2.02. The predicted molar refractivity (Wildman–Crippen MR) is 79.4 cm³/mol. The predicted octanol–water partition coefficient (Wildman–Crippen LogP) is 2.79. The van der Waals surface area contributed by atoms with Crippen molar-refractivity contribution in [1.82, 2.24) is 4.98 Å². The Morgan fingerprint density at radius 1 is 1.33 bits per heavy atom. The highest BCUT2D eigenvalue weighted by molar-refractivity contribution is 7.80. The minimum atomic E-state index is 0.407. The molecule has 0 radical (unpaired) electrons. The van der Waals surface area contributed by atoms with Crippen molar-refractivity contribution in [2.24, 2.45) is 5.73 Å². The number of thiocarbonyl (C=S) groups is 1. The maximum atomic E-state index is 5.79. The van der Waals surface area contributed by atoms with Crippen molar-refractivity contribution < 1.29 is 0 Å². The third-order valence-corrected chi connectivity index (χ3v) is 3.03. The molecule has 1 aromatic heterocycles. The van der Waals surface area contributed by atoms with E-state index in [1.165, 1.54) is 0 Å². The first-order valence-corrected chi connectivity index (χ1v) is 6.04. The molecule has 0 aliphatic heterocycles. The van der Waals surface area contributed by atoms with Crippen molar-refractivity contribution in [3.63, 3.8) is 0 Å². The molecular formula is C14H15N3S. The maximum absolute atomic E-state index is 5.79. The minimum Gasteiger partial charge on any atom is -0.389 e. The number of pyridine rings is 1. The quantitative estimate of drug-likeness (QED) is 0.859. The SMILES string of the molecule is Cc1ccc(N(C)c2cccnc2)c(C(N)=S)c1. The molecule has 0 bridgehead atoms. The van der Waals surface area contributed by atoms with E-state index < -0.39 is 0 Å². The zero-order valence-electron chi connectivity index (χ0n) is 10.4. The molecule has 0 aliphatic rings. The molecule has 0 amide bonds. The molecule has 2 N–H and O–H groups in total. The highest BCUT2D eigenvalue weighted by Gasteiger charge is 2.11. The Bertz CT molecular complexity index is 567. The monoisotopic (exact) mass is 257 g/mol. The molecule has 0 fully saturated rings. The van der Waals surface area contributed by atoms with Gasteiger partial charge in [0.2, 0.25) is 0 Å². The minimum absolute atomic E-state index is 0.407. The van der Waals surface area contributed by atoms with E-state index in [9.17, 15) is 0 Å². The summed E-state index contributed by atoms with van der Waals surface area (Å²) in [5.74, 6) is 0. The summed E-state index contributed by atoms with van der Waals surface area (Å²) in [4.78, 5) is 6.55. The van der Waals surface area contributed by atoms with Gasteiger partial charge in [0.15, 0.2) is 0 Å². The van der Waals surface area contributed by atoms with Gasteiger partial charge in [0.25, 0.3) is 0 Å². The lowest BCUT2D eigenvalue weighted by Crippen LogP contribution is -2.18. The maximum Gasteiger partial charge on any atom is 0.106 e. The second-order valence-electron chi connectivity index (χ2n) is 4.16. The van der Waals surface area contributed by atoms with Gasteiger partial charge >= 0.3 is 0 Å². The van der Waals surface area contributed by atoms with Crippen LogP contribution in [0.1, 0.15) is 11.1 Å². The molecule has 18 heavy (non-hydrogen) atoms. The fourth-order valence-corrected chi connectivity index (χ4v) is 1.99. The topological polar surface area (TPSA) is 42.2 Å². The molecular weight excluding hydrogens is 242 g/mol. The van der Waals surface area contributed by atoms with Crippen molar-refractivity contribution in [2.45, 2.75) is 6.92 Å². The lowest BCUT2D eigenvalue weighted by molar-refractivity contribution is 1.17. The average Bonchev–Trinajstić information content (AvgIpc) is 2.39. The van der Waals surface area contributed by atoms with Crippen molar-refractivity contribution in [2.75, 3.05) is 11.9 Å². The number of aromatic nitrogens is 1. The molecule has 2 aromatic rings. The third kappa shape index (κ3) is 2.49. The Hall–Kier alpha value is -1.94. The van der Waals surface area contributed by atoms with Crippen LogP contribution in [0.25, 0.3) is 0 Å². The normalized spacial score (nSPS) is 10.1. The van der Waals surface area contributed by atoms with Crippen LogP contribution < -0.4 is 10.6 Å². The van der Waals surface area contributed by atoms with E-state index in [0.29, 0.717) is 4.99 Å². The highest BCUT2D eigenvalue weighted by Crippen LogP contribution is 2.27. The van der Waals surface area contributed by atoms with Crippen LogP contribution in [0.5, 0.6) is 0 Å². The number of hydrogen-bond donors (Lipinski definition) is 1. The van der Waals surface area contributed by atoms with Gasteiger partial charge < -0.3 is 10.6 Å². The zero-order chi connectivity index (χ0) is 13.1. The number of nitrogens with two attached hydrogens (primary N) is 1. The Kier molecular flexibility index (Phi) is 3.58. The van der Waals surface area contributed by atoms with Crippen LogP contribution in [0, 0.1) is 6.92 Å². The van der Waals surface area contributed by atoms with Gasteiger partial charge in [0, 0.05) is 18.8 Å². The van der Waals surface area contributed by atoms with E-state index in [0.717, 1.165) is 22.5 Å². The summed E-state index contributed by atoms with van der Waals surface area (Å²) in [6.07, 6.45) is 3.56. The van der Waals surface area contributed by atoms with Crippen molar-refractivity contribution >= 4 is 28.6 Å². The molecule has 0 unspecified atom stereocenters. The number of hydrogen-bond acceptors (Lipinski definition) is 3. The Morgan fingerprint density at radius 3 is 2.72 bits per heavy atom. The fraction of sp³-hybridized carbons (Fsp3) is 0.143. The second-order valence-corrected chi connectivity index (χ2v) is 4.59. The summed E-state index contributed by atoms with van der Waals surface area (Å²) in [5.41, 5.74) is 9.80. The van der Waals surface area contributed by atoms with Crippen LogP contribution in [-0.4, -0.2) is 17.0 Å². The standard InChI is InChI=1S/C14H15N3S/c1-10-5-6-13(12(8-10)14(15)18)17(2)11-4-3-7-16-9-11/h3-9H,1-2H3,(H2,15,18). The molecule has 0 aliphatic carbocycles. The van der Waals surface area contributed by atoms with Gasteiger partial charge in [-0.3, -0.25) is 4.98 Å². The van der Waals surface area contributed by atoms with Crippen molar-refractivity contribution in [1.29, 1.82) is 0 Å². The van der Waals surface area contributed by atoms with Gasteiger partial charge in [0.05, 0.1) is 17.6 Å². The Balaban J connectivity index is 2.48. The molecule has 92 valence electrons. The molecule has 1 heterocycles. The van der Waals surface area contributed by atoms with E-state index in [1.807, 2.05) is 55.4 Å². The highest BCUT2D eigenvalue weighted by atomic mass is 32.1. The lowest BCUT2D eigenvalue weighted by atomic mass is 10.1. The van der Waals surface area contributed by atoms with E-state index in [-0.39, 0.29) is 0 Å². The van der Waals surface area contributed by atoms with Crippen LogP contribution in [0.15, 0.2) is 42.7 Å².